The predicted molar refractivity (Wildman–Crippen MR) is 174 cm³/mol. The van der Waals surface area contributed by atoms with E-state index in [1.165, 1.54) is 92.9 Å². The fraction of sp³-hybridized carbons (Fsp3) is 0.529. The lowest BCUT2D eigenvalue weighted by Crippen LogP contribution is -2.21. The highest BCUT2D eigenvalue weighted by Gasteiger charge is 2.18. The maximum atomic E-state index is 6.14. The van der Waals surface area contributed by atoms with E-state index in [-0.39, 0.29) is 0 Å². The Morgan fingerprint density at radius 2 is 1.47 bits per heavy atom. The van der Waals surface area contributed by atoms with Crippen LogP contribution in [0.2, 0.25) is 0 Å². The van der Waals surface area contributed by atoms with Crippen LogP contribution in [0.25, 0.3) is 10.9 Å². The molecule has 1 heterocycles. The van der Waals surface area contributed by atoms with E-state index < -0.39 is 0 Å². The third-order valence-corrected chi connectivity index (χ3v) is 8.97. The summed E-state index contributed by atoms with van der Waals surface area (Å²) in [4.78, 5) is 6.94. The van der Waals surface area contributed by atoms with Crippen LogP contribution < -0.4 is 5.32 Å². The highest BCUT2D eigenvalue weighted by Crippen LogP contribution is 2.35. The number of rotatable bonds is 19. The number of nitrogens with one attached hydrogen (secondary N) is 1. The molecule has 0 radical (unpaired) electrons. The Morgan fingerprint density at radius 1 is 0.789 bits per heavy atom. The fourth-order valence-electron chi connectivity index (χ4n) is 5.11. The molecule has 0 bridgehead atoms. The zero-order chi connectivity index (χ0) is 26.8. The van der Waals surface area contributed by atoms with Gasteiger partial charge >= 0.3 is 0 Å². The number of benzene rings is 2. The molecule has 38 heavy (non-hydrogen) atoms. The first kappa shape index (κ1) is 30.6. The molecule has 0 saturated heterocycles. The summed E-state index contributed by atoms with van der Waals surface area (Å²) in [5.41, 5.74) is 3.60. The molecule has 3 aromatic rings. The van der Waals surface area contributed by atoms with E-state index in [1.807, 2.05) is 24.0 Å². The minimum Gasteiger partial charge on any atom is -0.348 e. The Kier molecular flexibility index (Phi) is 14.8. The Labute approximate surface area is 241 Å². The van der Waals surface area contributed by atoms with E-state index in [2.05, 4.69) is 72.7 Å². The van der Waals surface area contributed by atoms with Crippen LogP contribution in [0.4, 0.5) is 5.69 Å². The van der Waals surface area contributed by atoms with Crippen molar-refractivity contribution >= 4 is 45.6 Å². The van der Waals surface area contributed by atoms with Crippen molar-refractivity contribution in [3.63, 3.8) is 0 Å². The monoisotopic (exact) mass is 548 g/mol. The van der Waals surface area contributed by atoms with Crippen molar-refractivity contribution in [3.05, 3.63) is 66.4 Å². The summed E-state index contributed by atoms with van der Waals surface area (Å²) in [5, 5.41) is 4.96. The van der Waals surface area contributed by atoms with E-state index in [0.29, 0.717) is 5.92 Å². The summed E-state index contributed by atoms with van der Waals surface area (Å²) in [6.45, 7) is 4.57. The molecule has 206 valence electrons. The minimum atomic E-state index is 0.455. The van der Waals surface area contributed by atoms with E-state index >= 15 is 0 Å². The standard InChI is InChI=1S/C34H48N2S2/c1-3-5-7-9-10-15-22-29(21-14-8-6-4-2)34(37)36-33-30-23-16-26-35-31(30)24-25-32(33)38-27-17-20-28-18-12-11-13-19-28/h11-13,16,18-19,23-26,29H,3-10,14-15,17,20-22,27H2,1-2H3,(H,36,37). The van der Waals surface area contributed by atoms with Crippen LogP contribution in [0.3, 0.4) is 0 Å². The van der Waals surface area contributed by atoms with Crippen LogP contribution in [0.5, 0.6) is 0 Å². The van der Waals surface area contributed by atoms with Gasteiger partial charge in [0.05, 0.1) is 16.2 Å². The molecule has 2 nitrogen and oxygen atoms in total. The summed E-state index contributed by atoms with van der Waals surface area (Å²) < 4.78 is 0. The van der Waals surface area contributed by atoms with Gasteiger partial charge in [0, 0.05) is 22.4 Å². The lowest BCUT2D eigenvalue weighted by atomic mass is 9.94. The number of hydrogen-bond acceptors (Lipinski definition) is 3. The van der Waals surface area contributed by atoms with Crippen LogP contribution in [0, 0.1) is 5.92 Å². The second-order valence-corrected chi connectivity index (χ2v) is 12.1. The molecular weight excluding hydrogens is 501 g/mol. The summed E-state index contributed by atoms with van der Waals surface area (Å²) in [7, 11) is 0. The topological polar surface area (TPSA) is 24.9 Å². The van der Waals surface area contributed by atoms with Crippen LogP contribution >= 0.6 is 24.0 Å². The zero-order valence-corrected chi connectivity index (χ0v) is 25.4. The van der Waals surface area contributed by atoms with Gasteiger partial charge in [0.1, 0.15) is 0 Å². The molecule has 0 aliphatic heterocycles. The van der Waals surface area contributed by atoms with Gasteiger partial charge in [-0.1, -0.05) is 121 Å². The average molecular weight is 549 g/mol. The molecule has 1 N–H and O–H groups in total. The highest BCUT2D eigenvalue weighted by atomic mass is 32.2. The number of thiocarbonyl (C=S) groups is 1. The molecule has 0 saturated carbocycles. The van der Waals surface area contributed by atoms with Crippen molar-refractivity contribution in [3.8, 4) is 0 Å². The highest BCUT2D eigenvalue weighted by molar-refractivity contribution is 7.99. The SMILES string of the molecule is CCCCCCCCC(CCCCCC)C(=S)Nc1c(SCCCc2ccccc2)ccc2ncccc12. The normalized spacial score (nSPS) is 12.1. The molecule has 0 fully saturated rings. The van der Waals surface area contributed by atoms with E-state index in [9.17, 15) is 0 Å². The lowest BCUT2D eigenvalue weighted by molar-refractivity contribution is 0.491. The number of hydrogen-bond donors (Lipinski definition) is 1. The summed E-state index contributed by atoms with van der Waals surface area (Å²) in [5.74, 6) is 1.54. The van der Waals surface area contributed by atoms with Gasteiger partial charge in [0.15, 0.2) is 0 Å². The molecule has 0 aliphatic carbocycles. The van der Waals surface area contributed by atoms with Crippen molar-refractivity contribution in [1.82, 2.24) is 4.98 Å². The Balaban J connectivity index is 1.67. The fourth-order valence-corrected chi connectivity index (χ4v) is 6.42. The number of fused-ring (bicyclic) bond motifs is 1. The third-order valence-electron chi connectivity index (χ3n) is 7.39. The average Bonchev–Trinajstić information content (AvgIpc) is 2.95. The van der Waals surface area contributed by atoms with E-state index in [4.69, 9.17) is 12.2 Å². The molecule has 2 aromatic carbocycles. The number of aromatic nitrogens is 1. The summed E-state index contributed by atoms with van der Waals surface area (Å²) in [6, 6.07) is 19.4. The second-order valence-electron chi connectivity index (χ2n) is 10.5. The van der Waals surface area contributed by atoms with Crippen molar-refractivity contribution in [2.75, 3.05) is 11.1 Å². The number of unbranched alkanes of at least 4 members (excludes halogenated alkanes) is 8. The Bertz CT molecular complexity index is 1070. The molecule has 0 amide bonds. The molecule has 1 atom stereocenters. The third kappa shape index (κ3) is 10.7. The van der Waals surface area contributed by atoms with Gasteiger partial charge in [-0.3, -0.25) is 4.98 Å². The molecule has 0 aliphatic rings. The number of thioether (sulfide) groups is 1. The quantitative estimate of drug-likeness (QED) is 0.0914. The molecule has 3 rings (SSSR count). The first-order valence-electron chi connectivity index (χ1n) is 15.1. The molecule has 1 aromatic heterocycles. The van der Waals surface area contributed by atoms with Gasteiger partial charge < -0.3 is 5.32 Å². The van der Waals surface area contributed by atoms with Crippen molar-refractivity contribution in [2.24, 2.45) is 5.92 Å². The van der Waals surface area contributed by atoms with Gasteiger partial charge in [-0.15, -0.1) is 11.8 Å². The first-order valence-corrected chi connectivity index (χ1v) is 16.5. The Hall–Kier alpha value is -1.91. The van der Waals surface area contributed by atoms with Crippen molar-refractivity contribution < 1.29 is 0 Å². The van der Waals surface area contributed by atoms with Crippen LogP contribution in [-0.2, 0) is 6.42 Å². The van der Waals surface area contributed by atoms with Crippen molar-refractivity contribution in [2.45, 2.75) is 109 Å². The number of nitrogens with zero attached hydrogens (tertiary/aromatic N) is 1. The number of pyridine rings is 1. The smallest absolute Gasteiger partial charge is 0.0829 e. The van der Waals surface area contributed by atoms with Crippen LogP contribution in [0.1, 0.15) is 103 Å². The van der Waals surface area contributed by atoms with Crippen molar-refractivity contribution in [1.29, 1.82) is 0 Å². The minimum absolute atomic E-state index is 0.455. The summed E-state index contributed by atoms with van der Waals surface area (Å²) >= 11 is 8.07. The van der Waals surface area contributed by atoms with Gasteiger partial charge in [-0.05, 0) is 61.3 Å². The lowest BCUT2D eigenvalue weighted by Gasteiger charge is -2.22. The predicted octanol–water partition coefficient (Wildman–Crippen LogP) is 11.0. The van der Waals surface area contributed by atoms with E-state index in [1.54, 1.807) is 0 Å². The number of anilines is 1. The zero-order valence-electron chi connectivity index (χ0n) is 23.7. The van der Waals surface area contributed by atoms with Gasteiger partial charge in [0.2, 0.25) is 0 Å². The Morgan fingerprint density at radius 3 is 2.21 bits per heavy atom. The molecule has 4 heteroatoms. The molecular formula is C34H48N2S2. The summed E-state index contributed by atoms with van der Waals surface area (Å²) in [6.07, 6.45) is 19.7. The van der Waals surface area contributed by atoms with Gasteiger partial charge in [-0.25, -0.2) is 0 Å². The first-order chi connectivity index (χ1) is 18.7. The molecule has 0 spiro atoms. The second kappa shape index (κ2) is 18.4. The maximum Gasteiger partial charge on any atom is 0.0829 e. The maximum absolute atomic E-state index is 6.14. The van der Waals surface area contributed by atoms with E-state index in [0.717, 1.165) is 34.8 Å². The van der Waals surface area contributed by atoms with Gasteiger partial charge in [0.25, 0.3) is 0 Å². The van der Waals surface area contributed by atoms with Crippen LogP contribution in [0.15, 0.2) is 65.7 Å². The van der Waals surface area contributed by atoms with Crippen LogP contribution in [-0.4, -0.2) is 15.7 Å². The number of aryl methyl sites for hydroxylation is 1. The van der Waals surface area contributed by atoms with Gasteiger partial charge in [-0.2, -0.15) is 0 Å². The molecule has 1 unspecified atom stereocenters. The largest absolute Gasteiger partial charge is 0.348 e.